The largest absolute Gasteiger partial charge is 0.317 e. The van der Waals surface area contributed by atoms with Gasteiger partial charge in [0, 0.05) is 11.5 Å². The summed E-state index contributed by atoms with van der Waals surface area (Å²) in [6, 6.07) is 19.7. The number of benzene rings is 2. The van der Waals surface area contributed by atoms with Gasteiger partial charge in [-0.1, -0.05) is 66.4 Å². The molecule has 1 heteroatoms. The van der Waals surface area contributed by atoms with Crippen LogP contribution >= 0.6 is 0 Å². The molecule has 0 aliphatic carbocycles. The average Bonchev–Trinajstić information content (AvgIpc) is 2.48. The molecule has 2 N–H and O–H groups in total. The molecule has 0 spiro atoms. The van der Waals surface area contributed by atoms with E-state index in [0.29, 0.717) is 0 Å². The summed E-state index contributed by atoms with van der Waals surface area (Å²) in [5, 5.41) is 0. The lowest BCUT2D eigenvalue weighted by atomic mass is 9.92. The van der Waals surface area contributed by atoms with Crippen LogP contribution in [0.3, 0.4) is 0 Å². The molecule has 2 atom stereocenters. The Morgan fingerprint density at radius 3 is 2.11 bits per heavy atom. The third kappa shape index (κ3) is 3.58. The molecule has 19 heavy (non-hydrogen) atoms. The summed E-state index contributed by atoms with van der Waals surface area (Å²) in [7, 11) is 0. The molecule has 2 aromatic rings. The van der Waals surface area contributed by atoms with Gasteiger partial charge in [-0.05, 0) is 17.7 Å². The van der Waals surface area contributed by atoms with Crippen molar-refractivity contribution in [3.05, 3.63) is 84.4 Å². The molecule has 2 rings (SSSR count). The third-order valence-electron chi connectivity index (χ3n) is 2.98. The van der Waals surface area contributed by atoms with Crippen molar-refractivity contribution in [2.75, 3.05) is 0 Å². The minimum absolute atomic E-state index is 0.0532. The first kappa shape index (κ1) is 13.1. The molecule has 2 aromatic carbocycles. The normalized spacial score (nSPS) is 12.9. The maximum atomic E-state index is 6.16. The van der Waals surface area contributed by atoms with Gasteiger partial charge in [-0.3, -0.25) is 0 Å². The van der Waals surface area contributed by atoms with Crippen LogP contribution in [0.5, 0.6) is 0 Å². The Hall–Kier alpha value is -2.30. The van der Waals surface area contributed by atoms with E-state index >= 15 is 0 Å². The summed E-state index contributed by atoms with van der Waals surface area (Å²) in [6.07, 6.45) is 1.86. The molecule has 0 radical (unpaired) electrons. The molecule has 0 aromatic heterocycles. The van der Waals surface area contributed by atoms with E-state index in [1.54, 1.807) is 0 Å². The first-order valence-electron chi connectivity index (χ1n) is 6.31. The molecule has 0 heterocycles. The fraction of sp³-hybridized carbons (Fsp3) is 0.111. The van der Waals surface area contributed by atoms with Crippen LogP contribution in [-0.4, -0.2) is 6.04 Å². The van der Waals surface area contributed by atoms with E-state index in [-0.39, 0.29) is 12.0 Å². The molecular weight excluding hydrogens is 230 g/mol. The fourth-order valence-corrected chi connectivity index (χ4v) is 1.94. The molecule has 1 nitrogen and oxygen atoms in total. The Morgan fingerprint density at radius 2 is 1.53 bits per heavy atom. The van der Waals surface area contributed by atoms with Gasteiger partial charge in [0.05, 0.1) is 6.04 Å². The topological polar surface area (TPSA) is 26.0 Å². The molecule has 0 amide bonds. The highest BCUT2D eigenvalue weighted by atomic mass is 14.6. The van der Waals surface area contributed by atoms with Crippen molar-refractivity contribution in [1.82, 2.24) is 0 Å². The summed E-state index contributed by atoms with van der Waals surface area (Å²) in [5.74, 6) is 6.26. The van der Waals surface area contributed by atoms with Gasteiger partial charge in [0.25, 0.3) is 0 Å². The Kier molecular flexibility index (Phi) is 4.55. The molecule has 94 valence electrons. The van der Waals surface area contributed by atoms with E-state index < -0.39 is 0 Å². The first-order valence-corrected chi connectivity index (χ1v) is 6.31. The Bertz CT molecular complexity index is 575. The summed E-state index contributed by atoms with van der Waals surface area (Å²) < 4.78 is 0. The Morgan fingerprint density at radius 1 is 0.947 bits per heavy atom. The van der Waals surface area contributed by atoms with Crippen LogP contribution in [0, 0.1) is 11.8 Å². The minimum Gasteiger partial charge on any atom is -0.317 e. The lowest BCUT2D eigenvalue weighted by molar-refractivity contribution is 0.742. The number of hydrogen-bond donors (Lipinski definition) is 1. The second kappa shape index (κ2) is 6.58. The lowest BCUT2D eigenvalue weighted by Gasteiger charge is -2.16. The Balaban J connectivity index is 2.17. The standard InChI is InChI=1S/C18H17N/c1-2-17(16-11-7-4-8-12-16)18(19)14-13-15-9-5-3-6-10-15/h2-12,17-18H,1,19H2. The molecule has 0 saturated heterocycles. The molecule has 0 bridgehead atoms. The number of hydrogen-bond acceptors (Lipinski definition) is 1. The third-order valence-corrected chi connectivity index (χ3v) is 2.98. The van der Waals surface area contributed by atoms with Crippen molar-refractivity contribution in [2.45, 2.75) is 12.0 Å². The predicted octanol–water partition coefficient (Wildman–Crippen LogP) is 3.34. The van der Waals surface area contributed by atoms with Gasteiger partial charge in [0.15, 0.2) is 0 Å². The van der Waals surface area contributed by atoms with Crippen molar-refractivity contribution in [1.29, 1.82) is 0 Å². The average molecular weight is 247 g/mol. The lowest BCUT2D eigenvalue weighted by Crippen LogP contribution is -2.25. The number of nitrogens with two attached hydrogens (primary N) is 1. The van der Waals surface area contributed by atoms with Gasteiger partial charge in [-0.25, -0.2) is 0 Å². The molecule has 0 aliphatic rings. The van der Waals surface area contributed by atoms with Crippen LogP contribution < -0.4 is 5.73 Å². The van der Waals surface area contributed by atoms with E-state index in [1.807, 2.05) is 54.6 Å². The smallest absolute Gasteiger partial charge is 0.0772 e. The monoisotopic (exact) mass is 247 g/mol. The van der Waals surface area contributed by atoms with Crippen LogP contribution in [0.4, 0.5) is 0 Å². The minimum atomic E-state index is -0.250. The molecular formula is C18H17N. The quantitative estimate of drug-likeness (QED) is 0.653. The van der Waals surface area contributed by atoms with E-state index in [9.17, 15) is 0 Å². The Labute approximate surface area is 114 Å². The zero-order valence-electron chi connectivity index (χ0n) is 10.8. The predicted molar refractivity (Wildman–Crippen MR) is 80.7 cm³/mol. The van der Waals surface area contributed by atoms with E-state index in [2.05, 4.69) is 30.6 Å². The van der Waals surface area contributed by atoms with Crippen LogP contribution in [-0.2, 0) is 0 Å². The SMILES string of the molecule is C=CC(c1ccccc1)C(N)C#Cc1ccccc1. The summed E-state index contributed by atoms with van der Waals surface area (Å²) >= 11 is 0. The summed E-state index contributed by atoms with van der Waals surface area (Å²) in [4.78, 5) is 0. The fourth-order valence-electron chi connectivity index (χ4n) is 1.94. The van der Waals surface area contributed by atoms with Gasteiger partial charge in [-0.15, -0.1) is 6.58 Å². The summed E-state index contributed by atoms with van der Waals surface area (Å²) in [5.41, 5.74) is 8.29. The zero-order chi connectivity index (χ0) is 13.5. The van der Waals surface area contributed by atoms with E-state index in [1.165, 1.54) is 0 Å². The van der Waals surface area contributed by atoms with Gasteiger partial charge in [-0.2, -0.15) is 0 Å². The molecule has 2 unspecified atom stereocenters. The van der Waals surface area contributed by atoms with Crippen molar-refractivity contribution in [3.8, 4) is 11.8 Å². The van der Waals surface area contributed by atoms with Gasteiger partial charge in [0.2, 0.25) is 0 Å². The van der Waals surface area contributed by atoms with Crippen LogP contribution in [0.2, 0.25) is 0 Å². The van der Waals surface area contributed by atoms with Crippen LogP contribution in [0.1, 0.15) is 17.0 Å². The van der Waals surface area contributed by atoms with E-state index in [4.69, 9.17) is 5.73 Å². The van der Waals surface area contributed by atoms with Crippen molar-refractivity contribution in [3.63, 3.8) is 0 Å². The summed E-state index contributed by atoms with van der Waals surface area (Å²) in [6.45, 7) is 3.87. The first-order chi connectivity index (χ1) is 9.31. The van der Waals surface area contributed by atoms with Crippen LogP contribution in [0.25, 0.3) is 0 Å². The van der Waals surface area contributed by atoms with Gasteiger partial charge in [0.1, 0.15) is 0 Å². The van der Waals surface area contributed by atoms with Crippen molar-refractivity contribution < 1.29 is 0 Å². The second-order valence-corrected chi connectivity index (χ2v) is 4.33. The maximum Gasteiger partial charge on any atom is 0.0772 e. The van der Waals surface area contributed by atoms with Gasteiger partial charge < -0.3 is 5.73 Å². The molecule has 0 fully saturated rings. The van der Waals surface area contributed by atoms with E-state index in [0.717, 1.165) is 11.1 Å². The van der Waals surface area contributed by atoms with Crippen molar-refractivity contribution >= 4 is 0 Å². The molecule has 0 saturated carbocycles. The highest BCUT2D eigenvalue weighted by Gasteiger charge is 2.13. The van der Waals surface area contributed by atoms with Crippen LogP contribution in [0.15, 0.2) is 73.3 Å². The second-order valence-electron chi connectivity index (χ2n) is 4.33. The number of rotatable bonds is 3. The van der Waals surface area contributed by atoms with Gasteiger partial charge >= 0.3 is 0 Å². The van der Waals surface area contributed by atoms with Crippen molar-refractivity contribution in [2.24, 2.45) is 5.73 Å². The molecule has 0 aliphatic heterocycles. The highest BCUT2D eigenvalue weighted by molar-refractivity contribution is 5.37. The maximum absolute atomic E-state index is 6.16. The highest BCUT2D eigenvalue weighted by Crippen LogP contribution is 2.19. The zero-order valence-corrected chi connectivity index (χ0v) is 10.8.